The lowest BCUT2D eigenvalue weighted by Gasteiger charge is -2.21. The fraction of sp³-hybridized carbons (Fsp3) is 0. The van der Waals surface area contributed by atoms with Gasteiger partial charge in [0.2, 0.25) is 0 Å². The number of hydrogen-bond donors (Lipinski definition) is 0. The lowest BCUT2D eigenvalue weighted by atomic mass is 9.91. The molecule has 2 aromatic heterocycles. The molecule has 0 bridgehead atoms. The highest BCUT2D eigenvalue weighted by molar-refractivity contribution is 6.12. The summed E-state index contributed by atoms with van der Waals surface area (Å²) in [5.74, 6) is 0.586. The van der Waals surface area contributed by atoms with Crippen molar-refractivity contribution in [2.75, 3.05) is 0 Å². The SMILES string of the molecule is [C-]#[N+]c1cccc(-c2cc(-c3cc(-c4ccccc4)nc(-c4ccccc4)n3)cc(-c3cccc(C#N)c3)c2-n2c3ccccc3c3cc(-c4ccc(C#N)cc4[N+]#[C-])ccc32)c1. The average Bonchev–Trinajstić information content (AvgIpc) is 3.69. The molecule has 0 spiro atoms. The minimum Gasteiger partial charge on any atom is -0.308 e. The summed E-state index contributed by atoms with van der Waals surface area (Å²) in [4.78, 5) is 17.9. The van der Waals surface area contributed by atoms with E-state index in [1.807, 2.05) is 133 Å². The summed E-state index contributed by atoms with van der Waals surface area (Å²) in [6.45, 7) is 15.9. The Balaban J connectivity index is 1.32. The van der Waals surface area contributed by atoms with Crippen molar-refractivity contribution in [1.29, 1.82) is 10.5 Å². The summed E-state index contributed by atoms with van der Waals surface area (Å²) in [7, 11) is 0. The van der Waals surface area contributed by atoms with E-state index in [4.69, 9.17) is 23.1 Å². The second kappa shape index (κ2) is 16.0. The van der Waals surface area contributed by atoms with Crippen molar-refractivity contribution in [3.8, 4) is 85.1 Å². The number of hydrogen-bond acceptors (Lipinski definition) is 4. The van der Waals surface area contributed by atoms with E-state index in [2.05, 4.69) is 62.8 Å². The molecule has 290 valence electrons. The fourth-order valence-corrected chi connectivity index (χ4v) is 8.35. The minimum atomic E-state index is 0.407. The molecular formula is C56H31N7. The molecule has 7 heteroatoms. The van der Waals surface area contributed by atoms with Crippen molar-refractivity contribution in [2.45, 2.75) is 0 Å². The molecule has 63 heavy (non-hydrogen) atoms. The van der Waals surface area contributed by atoms with Gasteiger partial charge >= 0.3 is 0 Å². The van der Waals surface area contributed by atoms with Crippen LogP contribution in [0.4, 0.5) is 11.4 Å². The Hall–Kier alpha value is -9.40. The van der Waals surface area contributed by atoms with Gasteiger partial charge in [-0.05, 0) is 89.0 Å². The van der Waals surface area contributed by atoms with Gasteiger partial charge in [0, 0.05) is 44.2 Å². The third-order valence-electron chi connectivity index (χ3n) is 11.3. The van der Waals surface area contributed by atoms with Crippen LogP contribution in [0, 0.1) is 35.8 Å². The van der Waals surface area contributed by atoms with Gasteiger partial charge in [-0.3, -0.25) is 0 Å². The number of nitriles is 2. The average molecular weight is 802 g/mol. The summed E-state index contributed by atoms with van der Waals surface area (Å²) in [6.07, 6.45) is 0. The molecular weight excluding hydrogens is 771 g/mol. The molecule has 0 aliphatic rings. The zero-order chi connectivity index (χ0) is 42.9. The van der Waals surface area contributed by atoms with Crippen molar-refractivity contribution in [3.63, 3.8) is 0 Å². The lowest BCUT2D eigenvalue weighted by Crippen LogP contribution is -2.03. The zero-order valence-corrected chi connectivity index (χ0v) is 33.5. The lowest BCUT2D eigenvalue weighted by molar-refractivity contribution is 1.17. The maximum absolute atomic E-state index is 10.2. The summed E-state index contributed by atoms with van der Waals surface area (Å²) >= 11 is 0. The van der Waals surface area contributed by atoms with Crippen LogP contribution in [0.5, 0.6) is 0 Å². The predicted octanol–water partition coefficient (Wildman–Crippen LogP) is 14.4. The molecule has 0 aliphatic heterocycles. The van der Waals surface area contributed by atoms with Crippen LogP contribution in [0.1, 0.15) is 11.1 Å². The third kappa shape index (κ3) is 6.91. The van der Waals surface area contributed by atoms with Crippen LogP contribution in [-0.2, 0) is 0 Å². The third-order valence-corrected chi connectivity index (χ3v) is 11.3. The van der Waals surface area contributed by atoms with Crippen LogP contribution < -0.4 is 0 Å². The van der Waals surface area contributed by atoms with Crippen molar-refractivity contribution in [3.05, 3.63) is 222 Å². The van der Waals surface area contributed by atoms with Crippen LogP contribution >= 0.6 is 0 Å². The maximum Gasteiger partial charge on any atom is 0.196 e. The Morgan fingerprint density at radius 2 is 1.03 bits per heavy atom. The first-order valence-corrected chi connectivity index (χ1v) is 20.2. The number of benzene rings is 8. The Bertz CT molecular complexity index is 3480. The minimum absolute atomic E-state index is 0.407. The first-order chi connectivity index (χ1) is 31.0. The van der Waals surface area contributed by atoms with E-state index in [-0.39, 0.29) is 0 Å². The molecule has 0 fully saturated rings. The zero-order valence-electron chi connectivity index (χ0n) is 33.5. The summed E-state index contributed by atoms with van der Waals surface area (Å²) < 4.78 is 2.27. The first kappa shape index (κ1) is 37.8. The van der Waals surface area contributed by atoms with Gasteiger partial charge in [0.05, 0.1) is 59.0 Å². The molecule has 0 amide bonds. The second-order valence-electron chi connectivity index (χ2n) is 15.0. The first-order valence-electron chi connectivity index (χ1n) is 20.2. The summed E-state index contributed by atoms with van der Waals surface area (Å²) in [6, 6.07) is 65.8. The van der Waals surface area contributed by atoms with Crippen molar-refractivity contribution < 1.29 is 0 Å². The molecule has 0 radical (unpaired) electrons. The van der Waals surface area contributed by atoms with E-state index in [0.717, 1.165) is 83.3 Å². The monoisotopic (exact) mass is 801 g/mol. The molecule has 10 aromatic rings. The van der Waals surface area contributed by atoms with Crippen LogP contribution in [0.3, 0.4) is 0 Å². The molecule has 0 unspecified atom stereocenters. The number of nitrogens with zero attached hydrogens (tertiary/aromatic N) is 7. The van der Waals surface area contributed by atoms with Gasteiger partial charge in [-0.1, -0.05) is 121 Å². The number of fused-ring (bicyclic) bond motifs is 3. The van der Waals surface area contributed by atoms with Gasteiger partial charge in [-0.25, -0.2) is 19.7 Å². The Kier molecular flexibility index (Phi) is 9.60. The topological polar surface area (TPSA) is 87.0 Å². The highest BCUT2D eigenvalue weighted by Gasteiger charge is 2.24. The van der Waals surface area contributed by atoms with E-state index in [9.17, 15) is 10.5 Å². The highest BCUT2D eigenvalue weighted by atomic mass is 15.0. The van der Waals surface area contributed by atoms with Crippen LogP contribution in [-0.4, -0.2) is 14.5 Å². The van der Waals surface area contributed by atoms with Crippen molar-refractivity contribution in [2.24, 2.45) is 0 Å². The Morgan fingerprint density at radius 3 is 1.75 bits per heavy atom. The molecule has 0 saturated carbocycles. The largest absolute Gasteiger partial charge is 0.308 e. The van der Waals surface area contributed by atoms with E-state index in [0.29, 0.717) is 34.0 Å². The maximum atomic E-state index is 10.2. The van der Waals surface area contributed by atoms with Gasteiger partial charge in [-0.15, -0.1) is 0 Å². The number of para-hydroxylation sites is 1. The van der Waals surface area contributed by atoms with Crippen molar-refractivity contribution in [1.82, 2.24) is 14.5 Å². The smallest absolute Gasteiger partial charge is 0.196 e. The fourth-order valence-electron chi connectivity index (χ4n) is 8.35. The quantitative estimate of drug-likeness (QED) is 0.150. The normalized spacial score (nSPS) is 10.8. The van der Waals surface area contributed by atoms with Crippen molar-refractivity contribution >= 4 is 33.2 Å². The van der Waals surface area contributed by atoms with Gasteiger partial charge in [0.25, 0.3) is 0 Å². The molecule has 10 rings (SSSR count). The van der Waals surface area contributed by atoms with E-state index in [1.54, 1.807) is 18.2 Å². The molecule has 2 heterocycles. The van der Waals surface area contributed by atoms with Gasteiger partial charge in [0.1, 0.15) is 0 Å². The molecule has 0 saturated heterocycles. The second-order valence-corrected chi connectivity index (χ2v) is 15.0. The van der Waals surface area contributed by atoms with E-state index < -0.39 is 0 Å². The Morgan fingerprint density at radius 1 is 0.429 bits per heavy atom. The van der Waals surface area contributed by atoms with Crippen LogP contribution in [0.2, 0.25) is 0 Å². The van der Waals surface area contributed by atoms with Gasteiger partial charge < -0.3 is 4.57 Å². The van der Waals surface area contributed by atoms with Gasteiger partial charge in [0.15, 0.2) is 17.2 Å². The predicted molar refractivity (Wildman–Crippen MR) is 251 cm³/mol. The number of rotatable bonds is 7. The molecule has 7 nitrogen and oxygen atoms in total. The highest BCUT2D eigenvalue weighted by Crippen LogP contribution is 2.46. The summed E-state index contributed by atoms with van der Waals surface area (Å²) in [5.41, 5.74) is 13.7. The van der Waals surface area contributed by atoms with Crippen LogP contribution in [0.25, 0.3) is 104 Å². The molecule has 0 atom stereocenters. The Labute approximate surface area is 364 Å². The number of aromatic nitrogens is 3. The molecule has 0 N–H and O–H groups in total. The van der Waals surface area contributed by atoms with E-state index in [1.165, 1.54) is 0 Å². The standard InChI is InChI=1S/C56H31N7/c1-59-44-20-12-19-41(29-44)48-32-43(51-33-50(38-14-5-3-6-15-38)61-56(62-51)39-16-7-4-8-17-39)31-47(40-18-11-13-36(27-40)34-57)55(48)63-53-22-10-9-21-46(53)49-30-42(24-26-54(49)63)45-25-23-37(35-58)28-52(45)60-2/h3-33H. The molecule has 8 aromatic carbocycles. The molecule has 0 aliphatic carbocycles. The summed E-state index contributed by atoms with van der Waals surface area (Å²) in [5, 5.41) is 21.7. The van der Waals surface area contributed by atoms with Crippen LogP contribution in [0.15, 0.2) is 188 Å². The van der Waals surface area contributed by atoms with E-state index >= 15 is 0 Å². The van der Waals surface area contributed by atoms with Gasteiger partial charge in [-0.2, -0.15) is 10.5 Å².